The molecule has 1 aliphatic rings. The van der Waals surface area contributed by atoms with Gasteiger partial charge in [-0.3, -0.25) is 4.79 Å². The van der Waals surface area contributed by atoms with E-state index in [1.165, 1.54) is 12.8 Å². The summed E-state index contributed by atoms with van der Waals surface area (Å²) in [6.45, 7) is 0. The van der Waals surface area contributed by atoms with Crippen LogP contribution in [-0.4, -0.2) is 11.1 Å². The van der Waals surface area contributed by atoms with Gasteiger partial charge in [-0.15, -0.1) is 0 Å². The van der Waals surface area contributed by atoms with Gasteiger partial charge in [-0.25, -0.2) is 0 Å². The Labute approximate surface area is 79.6 Å². The normalized spacial score (nSPS) is 27.8. The van der Waals surface area contributed by atoms with Gasteiger partial charge >= 0.3 is 5.97 Å². The maximum atomic E-state index is 10.8. The lowest BCUT2D eigenvalue weighted by atomic mass is 9.95. The van der Waals surface area contributed by atoms with Crippen LogP contribution in [-0.2, 0) is 4.79 Å². The number of carboxylic acids is 1. The van der Waals surface area contributed by atoms with E-state index in [-0.39, 0.29) is 5.92 Å². The van der Waals surface area contributed by atoms with Crippen molar-refractivity contribution in [1.82, 2.24) is 0 Å². The molecular weight excluding hydrogens is 164 g/mol. The Hall–Kier alpha value is -0.790. The molecule has 0 aromatic carbocycles. The molecule has 1 unspecified atom stereocenters. The van der Waals surface area contributed by atoms with E-state index in [1.807, 2.05) is 0 Å². The topological polar surface area (TPSA) is 37.3 Å². The molecule has 0 saturated carbocycles. The largest absolute Gasteiger partial charge is 0.481 e. The van der Waals surface area contributed by atoms with Gasteiger partial charge in [-0.2, -0.15) is 0 Å². The van der Waals surface area contributed by atoms with Gasteiger partial charge in [0.05, 0.1) is 5.92 Å². The van der Waals surface area contributed by atoms with E-state index in [1.54, 1.807) is 0 Å². The molecule has 0 radical (unpaired) electrons. The summed E-state index contributed by atoms with van der Waals surface area (Å²) in [6, 6.07) is 0. The van der Waals surface area contributed by atoms with E-state index in [4.69, 9.17) is 5.11 Å². The van der Waals surface area contributed by atoms with Crippen LogP contribution in [0.1, 0.15) is 44.9 Å². The van der Waals surface area contributed by atoms with Crippen molar-refractivity contribution < 1.29 is 9.90 Å². The summed E-state index contributed by atoms with van der Waals surface area (Å²) in [7, 11) is 0. The summed E-state index contributed by atoms with van der Waals surface area (Å²) in [6.07, 6.45) is 11.5. The zero-order chi connectivity index (χ0) is 9.52. The van der Waals surface area contributed by atoms with Crippen molar-refractivity contribution in [3.8, 4) is 0 Å². The standard InChI is InChI=1S/C11H18O2/c12-11(13)10-8-6-4-2-1-3-5-7-9-10/h2,4,10H,1,3,5-9H2,(H,12,13)/b4-2-. The minimum Gasteiger partial charge on any atom is -0.481 e. The van der Waals surface area contributed by atoms with Crippen LogP contribution in [0.3, 0.4) is 0 Å². The highest BCUT2D eigenvalue weighted by Crippen LogP contribution is 2.18. The molecular formula is C11H18O2. The average molecular weight is 182 g/mol. The third-order valence-corrected chi connectivity index (χ3v) is 2.62. The Balaban J connectivity index is 2.40. The van der Waals surface area contributed by atoms with Crippen LogP contribution in [0, 0.1) is 5.92 Å². The Morgan fingerprint density at radius 1 is 1.08 bits per heavy atom. The van der Waals surface area contributed by atoms with Gasteiger partial charge in [0.25, 0.3) is 0 Å². The van der Waals surface area contributed by atoms with Crippen LogP contribution in [0.2, 0.25) is 0 Å². The predicted octanol–water partition coefficient (Wildman–Crippen LogP) is 2.99. The van der Waals surface area contributed by atoms with Crippen molar-refractivity contribution in [3.05, 3.63) is 12.2 Å². The molecule has 0 fully saturated rings. The molecule has 2 nitrogen and oxygen atoms in total. The fourth-order valence-corrected chi connectivity index (χ4v) is 1.75. The molecule has 0 bridgehead atoms. The SMILES string of the molecule is O=C(O)C1CC/C=C\CCCCC1. The first-order valence-corrected chi connectivity index (χ1v) is 5.18. The number of aliphatic carboxylic acids is 1. The maximum absolute atomic E-state index is 10.8. The second-order valence-electron chi connectivity index (χ2n) is 3.72. The van der Waals surface area contributed by atoms with E-state index < -0.39 is 5.97 Å². The fraction of sp³-hybridized carbons (Fsp3) is 0.727. The van der Waals surface area contributed by atoms with Gasteiger partial charge in [0.1, 0.15) is 0 Å². The summed E-state index contributed by atoms with van der Waals surface area (Å²) in [4.78, 5) is 10.8. The lowest BCUT2D eigenvalue weighted by Gasteiger charge is -2.11. The molecule has 0 amide bonds. The molecule has 0 heterocycles. The quantitative estimate of drug-likeness (QED) is 0.633. The smallest absolute Gasteiger partial charge is 0.306 e. The van der Waals surface area contributed by atoms with E-state index in [0.717, 1.165) is 32.1 Å². The van der Waals surface area contributed by atoms with E-state index in [0.29, 0.717) is 0 Å². The molecule has 2 heteroatoms. The number of hydrogen-bond donors (Lipinski definition) is 1. The molecule has 0 aliphatic heterocycles. The lowest BCUT2D eigenvalue weighted by Crippen LogP contribution is -2.13. The molecule has 0 aromatic heterocycles. The van der Waals surface area contributed by atoms with Gasteiger partial charge in [-0.1, -0.05) is 25.0 Å². The Morgan fingerprint density at radius 3 is 2.62 bits per heavy atom. The first kappa shape index (κ1) is 10.3. The number of allylic oxidation sites excluding steroid dienone is 2. The number of hydrogen-bond acceptors (Lipinski definition) is 1. The molecule has 0 saturated heterocycles. The third kappa shape index (κ3) is 4.11. The van der Waals surface area contributed by atoms with Crippen molar-refractivity contribution in [2.24, 2.45) is 5.92 Å². The van der Waals surface area contributed by atoms with Crippen molar-refractivity contribution in [1.29, 1.82) is 0 Å². The Bertz CT molecular complexity index is 185. The van der Waals surface area contributed by atoms with Gasteiger partial charge < -0.3 is 5.11 Å². The molecule has 1 aliphatic carbocycles. The van der Waals surface area contributed by atoms with Crippen molar-refractivity contribution >= 4 is 5.97 Å². The van der Waals surface area contributed by atoms with Crippen molar-refractivity contribution in [2.75, 3.05) is 0 Å². The summed E-state index contributed by atoms with van der Waals surface area (Å²) in [5.74, 6) is -0.725. The highest BCUT2D eigenvalue weighted by atomic mass is 16.4. The van der Waals surface area contributed by atoms with Crippen molar-refractivity contribution in [2.45, 2.75) is 44.9 Å². The predicted molar refractivity (Wildman–Crippen MR) is 52.6 cm³/mol. The van der Waals surface area contributed by atoms with Crippen LogP contribution in [0.4, 0.5) is 0 Å². The molecule has 1 atom stereocenters. The van der Waals surface area contributed by atoms with Crippen molar-refractivity contribution in [3.63, 3.8) is 0 Å². The van der Waals surface area contributed by atoms with Crippen LogP contribution in [0.5, 0.6) is 0 Å². The Kier molecular flexibility index (Phi) is 4.58. The minimum absolute atomic E-state index is 0.109. The lowest BCUT2D eigenvalue weighted by molar-refractivity contribution is -0.142. The minimum atomic E-state index is -0.617. The van der Waals surface area contributed by atoms with Crippen LogP contribution in [0.25, 0.3) is 0 Å². The molecule has 13 heavy (non-hydrogen) atoms. The van der Waals surface area contributed by atoms with Crippen LogP contribution >= 0.6 is 0 Å². The van der Waals surface area contributed by atoms with E-state index in [9.17, 15) is 4.79 Å². The zero-order valence-corrected chi connectivity index (χ0v) is 8.04. The average Bonchev–Trinajstić information content (AvgIpc) is 2.14. The number of carbonyl (C=O) groups is 1. The van der Waals surface area contributed by atoms with Gasteiger partial charge in [-0.05, 0) is 32.1 Å². The number of carboxylic acid groups (broad SMARTS) is 1. The summed E-state index contributed by atoms with van der Waals surface area (Å²) < 4.78 is 0. The summed E-state index contributed by atoms with van der Waals surface area (Å²) in [5.41, 5.74) is 0. The maximum Gasteiger partial charge on any atom is 0.306 e. The second kappa shape index (κ2) is 5.79. The zero-order valence-electron chi connectivity index (χ0n) is 8.04. The van der Waals surface area contributed by atoms with Gasteiger partial charge in [0, 0.05) is 0 Å². The van der Waals surface area contributed by atoms with E-state index in [2.05, 4.69) is 12.2 Å². The highest BCUT2D eigenvalue weighted by molar-refractivity contribution is 5.69. The fourth-order valence-electron chi connectivity index (χ4n) is 1.75. The van der Waals surface area contributed by atoms with Gasteiger partial charge in [0.15, 0.2) is 0 Å². The van der Waals surface area contributed by atoms with E-state index >= 15 is 0 Å². The summed E-state index contributed by atoms with van der Waals surface area (Å²) in [5, 5.41) is 8.89. The Morgan fingerprint density at radius 2 is 1.85 bits per heavy atom. The molecule has 0 aromatic rings. The molecule has 74 valence electrons. The highest BCUT2D eigenvalue weighted by Gasteiger charge is 2.15. The van der Waals surface area contributed by atoms with Gasteiger partial charge in [0.2, 0.25) is 0 Å². The van der Waals surface area contributed by atoms with Crippen LogP contribution in [0.15, 0.2) is 12.2 Å². The first-order chi connectivity index (χ1) is 6.30. The molecule has 1 N–H and O–H groups in total. The second-order valence-corrected chi connectivity index (χ2v) is 3.72. The molecule has 0 spiro atoms. The first-order valence-electron chi connectivity index (χ1n) is 5.18. The van der Waals surface area contributed by atoms with Crippen LogP contribution < -0.4 is 0 Å². The number of rotatable bonds is 1. The third-order valence-electron chi connectivity index (χ3n) is 2.62. The molecule has 1 rings (SSSR count). The monoisotopic (exact) mass is 182 g/mol. The summed E-state index contributed by atoms with van der Waals surface area (Å²) >= 11 is 0.